The van der Waals surface area contributed by atoms with E-state index in [9.17, 15) is 0 Å². The number of nitrogens with zero attached hydrogens (tertiary/aromatic N) is 2. The fourth-order valence-electron chi connectivity index (χ4n) is 3.24. The molecular formula is C14H23N3OS. The third kappa shape index (κ3) is 3.16. The van der Waals surface area contributed by atoms with Gasteiger partial charge in [0.1, 0.15) is 0 Å². The van der Waals surface area contributed by atoms with E-state index in [4.69, 9.17) is 4.74 Å². The number of ether oxygens (including phenoxy) is 1. The lowest BCUT2D eigenvalue weighted by Gasteiger charge is -2.39. The van der Waals surface area contributed by atoms with Gasteiger partial charge in [-0.05, 0) is 25.9 Å². The van der Waals surface area contributed by atoms with Gasteiger partial charge in [-0.3, -0.25) is 9.88 Å². The van der Waals surface area contributed by atoms with Crippen LogP contribution in [0.2, 0.25) is 0 Å². The number of fused-ring (bicyclic) bond motifs is 1. The standard InChI is InChI=1S/C14H23N3OS/c1-2-16-13(6-12-7-15-10-19-12)14-8-17-5-3-4-11(17)9-18-14/h7,10-11,13-14,16H,2-6,8-9H2,1H3. The molecule has 2 fully saturated rings. The topological polar surface area (TPSA) is 37.4 Å². The molecule has 2 aliphatic heterocycles. The molecule has 0 aromatic carbocycles. The summed E-state index contributed by atoms with van der Waals surface area (Å²) in [5.74, 6) is 0. The molecular weight excluding hydrogens is 258 g/mol. The fourth-order valence-corrected chi connectivity index (χ4v) is 3.90. The van der Waals surface area contributed by atoms with Gasteiger partial charge in [-0.25, -0.2) is 0 Å². The van der Waals surface area contributed by atoms with Gasteiger partial charge in [-0.15, -0.1) is 11.3 Å². The predicted molar refractivity (Wildman–Crippen MR) is 77.6 cm³/mol. The monoisotopic (exact) mass is 281 g/mol. The van der Waals surface area contributed by atoms with Gasteiger partial charge in [-0.1, -0.05) is 6.92 Å². The number of rotatable bonds is 5. The molecule has 2 aliphatic rings. The van der Waals surface area contributed by atoms with E-state index in [1.54, 1.807) is 11.3 Å². The van der Waals surface area contributed by atoms with Crippen LogP contribution in [0.25, 0.3) is 0 Å². The highest BCUT2D eigenvalue weighted by atomic mass is 32.1. The van der Waals surface area contributed by atoms with E-state index in [1.165, 1.54) is 24.3 Å². The predicted octanol–water partition coefficient (Wildman–Crippen LogP) is 1.53. The van der Waals surface area contributed by atoms with Crippen LogP contribution in [0.5, 0.6) is 0 Å². The van der Waals surface area contributed by atoms with Crippen molar-refractivity contribution in [3.8, 4) is 0 Å². The van der Waals surface area contributed by atoms with Crippen LogP contribution in [0.3, 0.4) is 0 Å². The lowest BCUT2D eigenvalue weighted by molar-refractivity contribution is -0.0640. The maximum absolute atomic E-state index is 6.14. The third-order valence-electron chi connectivity index (χ3n) is 4.24. The Labute approximate surface area is 119 Å². The van der Waals surface area contributed by atoms with Gasteiger partial charge in [0, 0.05) is 36.1 Å². The van der Waals surface area contributed by atoms with Crippen LogP contribution in [-0.4, -0.2) is 54.3 Å². The lowest BCUT2D eigenvalue weighted by atomic mass is 10.0. The largest absolute Gasteiger partial charge is 0.374 e. The third-order valence-corrected chi connectivity index (χ3v) is 5.04. The van der Waals surface area contributed by atoms with E-state index in [0.717, 1.165) is 26.1 Å². The van der Waals surface area contributed by atoms with E-state index in [1.807, 2.05) is 11.7 Å². The molecule has 1 aromatic heterocycles. The van der Waals surface area contributed by atoms with Crippen LogP contribution in [0, 0.1) is 0 Å². The van der Waals surface area contributed by atoms with Crippen LogP contribution in [0.15, 0.2) is 11.7 Å². The first-order valence-corrected chi connectivity index (χ1v) is 8.21. The Balaban J connectivity index is 1.62. The highest BCUT2D eigenvalue weighted by molar-refractivity contribution is 7.09. The number of hydrogen-bond acceptors (Lipinski definition) is 5. The summed E-state index contributed by atoms with van der Waals surface area (Å²) < 4.78 is 6.14. The average Bonchev–Trinajstić information content (AvgIpc) is 3.08. The van der Waals surface area contributed by atoms with Crippen molar-refractivity contribution in [1.82, 2.24) is 15.2 Å². The van der Waals surface area contributed by atoms with E-state index in [-0.39, 0.29) is 0 Å². The van der Waals surface area contributed by atoms with Crippen molar-refractivity contribution in [3.05, 3.63) is 16.6 Å². The summed E-state index contributed by atoms with van der Waals surface area (Å²) in [7, 11) is 0. The quantitative estimate of drug-likeness (QED) is 0.888. The lowest BCUT2D eigenvalue weighted by Crippen LogP contribution is -2.54. The SMILES string of the molecule is CCNC(Cc1cncs1)C1CN2CCCC2CO1. The Morgan fingerprint density at radius 2 is 2.58 bits per heavy atom. The first-order chi connectivity index (χ1) is 9.36. The number of aromatic nitrogens is 1. The van der Waals surface area contributed by atoms with Crippen molar-refractivity contribution in [1.29, 1.82) is 0 Å². The summed E-state index contributed by atoms with van der Waals surface area (Å²) in [6, 6.07) is 1.09. The van der Waals surface area contributed by atoms with Crippen LogP contribution in [0.4, 0.5) is 0 Å². The van der Waals surface area contributed by atoms with E-state index in [2.05, 4.69) is 22.1 Å². The van der Waals surface area contributed by atoms with Crippen LogP contribution in [0.1, 0.15) is 24.6 Å². The van der Waals surface area contributed by atoms with Crippen molar-refractivity contribution >= 4 is 11.3 Å². The smallest absolute Gasteiger partial charge is 0.0859 e. The molecule has 1 aromatic rings. The zero-order valence-electron chi connectivity index (χ0n) is 11.5. The molecule has 3 unspecified atom stereocenters. The molecule has 0 aliphatic carbocycles. The molecule has 1 N–H and O–H groups in total. The van der Waals surface area contributed by atoms with Crippen LogP contribution in [-0.2, 0) is 11.2 Å². The number of morpholine rings is 1. The number of hydrogen-bond donors (Lipinski definition) is 1. The van der Waals surface area contributed by atoms with Gasteiger partial charge in [0.15, 0.2) is 0 Å². The first kappa shape index (κ1) is 13.5. The average molecular weight is 281 g/mol. The molecule has 5 heteroatoms. The molecule has 4 nitrogen and oxygen atoms in total. The van der Waals surface area contributed by atoms with Crippen LogP contribution < -0.4 is 5.32 Å². The second kappa shape index (κ2) is 6.31. The highest BCUT2D eigenvalue weighted by Crippen LogP contribution is 2.25. The van der Waals surface area contributed by atoms with Gasteiger partial charge in [0.05, 0.1) is 18.2 Å². The van der Waals surface area contributed by atoms with Gasteiger partial charge in [0.2, 0.25) is 0 Å². The van der Waals surface area contributed by atoms with E-state index >= 15 is 0 Å². The second-order valence-electron chi connectivity index (χ2n) is 5.50. The molecule has 0 radical (unpaired) electrons. The fraction of sp³-hybridized carbons (Fsp3) is 0.786. The Morgan fingerprint density at radius 1 is 1.63 bits per heavy atom. The molecule has 0 bridgehead atoms. The molecule has 3 heterocycles. The van der Waals surface area contributed by atoms with E-state index < -0.39 is 0 Å². The summed E-state index contributed by atoms with van der Waals surface area (Å²) in [5, 5.41) is 3.60. The van der Waals surface area contributed by atoms with Gasteiger partial charge in [0.25, 0.3) is 0 Å². The number of thiazole rings is 1. The first-order valence-electron chi connectivity index (χ1n) is 7.33. The Hall–Kier alpha value is -0.490. The van der Waals surface area contributed by atoms with Gasteiger partial charge < -0.3 is 10.1 Å². The normalized spacial score (nSPS) is 29.3. The summed E-state index contributed by atoms with van der Waals surface area (Å²) >= 11 is 1.74. The molecule has 0 amide bonds. The zero-order valence-corrected chi connectivity index (χ0v) is 12.4. The molecule has 0 spiro atoms. The Morgan fingerprint density at radius 3 is 3.37 bits per heavy atom. The number of nitrogens with one attached hydrogen (secondary N) is 1. The van der Waals surface area contributed by atoms with Crippen molar-refractivity contribution in [3.63, 3.8) is 0 Å². The van der Waals surface area contributed by atoms with Gasteiger partial charge in [-0.2, -0.15) is 0 Å². The van der Waals surface area contributed by atoms with Crippen molar-refractivity contribution < 1.29 is 4.74 Å². The molecule has 2 saturated heterocycles. The minimum atomic E-state index is 0.316. The maximum atomic E-state index is 6.14. The zero-order chi connectivity index (χ0) is 13.1. The molecule has 106 valence electrons. The molecule has 3 rings (SSSR count). The molecule has 19 heavy (non-hydrogen) atoms. The molecule has 3 atom stereocenters. The van der Waals surface area contributed by atoms with Crippen molar-refractivity contribution in [2.75, 3.05) is 26.2 Å². The van der Waals surface area contributed by atoms with Crippen molar-refractivity contribution in [2.24, 2.45) is 0 Å². The highest BCUT2D eigenvalue weighted by Gasteiger charge is 2.35. The van der Waals surface area contributed by atoms with E-state index in [0.29, 0.717) is 18.2 Å². The minimum Gasteiger partial charge on any atom is -0.374 e. The summed E-state index contributed by atoms with van der Waals surface area (Å²) in [5.41, 5.74) is 1.91. The maximum Gasteiger partial charge on any atom is 0.0859 e. The van der Waals surface area contributed by atoms with Crippen molar-refractivity contribution in [2.45, 2.75) is 44.4 Å². The van der Waals surface area contributed by atoms with Gasteiger partial charge >= 0.3 is 0 Å². The summed E-state index contributed by atoms with van der Waals surface area (Å²) in [6.45, 7) is 6.41. The van der Waals surface area contributed by atoms with Crippen LogP contribution >= 0.6 is 11.3 Å². The Bertz CT molecular complexity index is 384. The Kier molecular flexibility index (Phi) is 4.48. The summed E-state index contributed by atoms with van der Waals surface area (Å²) in [4.78, 5) is 8.13. The number of likely N-dealkylation sites (N-methyl/N-ethyl adjacent to an activating group) is 1. The second-order valence-corrected chi connectivity index (χ2v) is 6.47. The molecule has 0 saturated carbocycles. The summed E-state index contributed by atoms with van der Waals surface area (Å²) in [6.07, 6.45) is 5.98. The minimum absolute atomic E-state index is 0.316.